The fourth-order valence-corrected chi connectivity index (χ4v) is 3.11. The lowest BCUT2D eigenvalue weighted by Crippen LogP contribution is -2.20. The van der Waals surface area contributed by atoms with Gasteiger partial charge in [0.05, 0.1) is 10.5 Å². The molecule has 8 heteroatoms. The van der Waals surface area contributed by atoms with Gasteiger partial charge >= 0.3 is 5.97 Å². The number of sulfone groups is 1. The molecule has 0 heterocycles. The van der Waals surface area contributed by atoms with Gasteiger partial charge in [0.1, 0.15) is 11.5 Å². The molecule has 0 aliphatic rings. The lowest BCUT2D eigenvalue weighted by Gasteiger charge is -2.09. The Morgan fingerprint density at radius 1 is 0.833 bits per heavy atom. The molecule has 30 heavy (non-hydrogen) atoms. The van der Waals surface area contributed by atoms with E-state index in [1.54, 1.807) is 24.3 Å². The van der Waals surface area contributed by atoms with Crippen molar-refractivity contribution in [3.63, 3.8) is 0 Å². The molecule has 0 atom stereocenters. The largest absolute Gasteiger partial charge is 0.457 e. The predicted molar refractivity (Wildman–Crippen MR) is 111 cm³/mol. The van der Waals surface area contributed by atoms with E-state index < -0.39 is 28.3 Å². The van der Waals surface area contributed by atoms with Crippen LogP contribution in [0.2, 0.25) is 0 Å². The maximum Gasteiger partial charge on any atom is 0.338 e. The van der Waals surface area contributed by atoms with Crippen molar-refractivity contribution < 1.29 is 27.5 Å². The standard InChI is InChI=1S/C22H19NO6S/c1-30(26,27)20-13-7-16(8-14-20)22(25)28-15-21(24)23-17-9-11-19(12-10-17)29-18-5-3-2-4-6-18/h2-14H,15H2,1H3,(H,23,24). The number of hydrogen-bond donors (Lipinski definition) is 1. The quantitative estimate of drug-likeness (QED) is 0.580. The molecule has 3 rings (SSSR count). The Morgan fingerprint density at radius 2 is 1.43 bits per heavy atom. The van der Waals surface area contributed by atoms with Crippen molar-refractivity contribution in [2.24, 2.45) is 0 Å². The Bertz CT molecular complexity index is 1120. The fourth-order valence-electron chi connectivity index (χ4n) is 2.48. The summed E-state index contributed by atoms with van der Waals surface area (Å²) < 4.78 is 33.5. The summed E-state index contributed by atoms with van der Waals surface area (Å²) in [4.78, 5) is 24.1. The zero-order chi connectivity index (χ0) is 21.6. The van der Waals surface area contributed by atoms with Crippen LogP contribution in [0, 0.1) is 0 Å². The predicted octanol–water partition coefficient (Wildman–Crippen LogP) is 3.68. The molecule has 0 aliphatic carbocycles. The first-order valence-corrected chi connectivity index (χ1v) is 10.8. The number of para-hydroxylation sites is 1. The van der Waals surface area contributed by atoms with Gasteiger partial charge in [0.2, 0.25) is 0 Å². The summed E-state index contributed by atoms with van der Waals surface area (Å²) in [5, 5.41) is 2.62. The Kier molecular flexibility index (Phi) is 6.48. The molecule has 0 aliphatic heterocycles. The average Bonchev–Trinajstić information content (AvgIpc) is 2.74. The maximum absolute atomic E-state index is 12.0. The highest BCUT2D eigenvalue weighted by molar-refractivity contribution is 7.90. The number of amides is 1. The van der Waals surface area contributed by atoms with Gasteiger partial charge in [0.15, 0.2) is 16.4 Å². The summed E-state index contributed by atoms with van der Waals surface area (Å²) >= 11 is 0. The zero-order valence-corrected chi connectivity index (χ0v) is 16.9. The molecule has 0 fully saturated rings. The van der Waals surface area contributed by atoms with Crippen molar-refractivity contribution in [1.82, 2.24) is 0 Å². The van der Waals surface area contributed by atoms with E-state index in [0.29, 0.717) is 17.2 Å². The minimum Gasteiger partial charge on any atom is -0.457 e. The second kappa shape index (κ2) is 9.23. The van der Waals surface area contributed by atoms with Crippen LogP contribution in [0.1, 0.15) is 10.4 Å². The van der Waals surface area contributed by atoms with E-state index in [1.807, 2.05) is 30.3 Å². The molecule has 0 aromatic heterocycles. The Morgan fingerprint density at radius 3 is 2.03 bits per heavy atom. The fraction of sp³-hybridized carbons (Fsp3) is 0.0909. The highest BCUT2D eigenvalue weighted by atomic mass is 32.2. The monoisotopic (exact) mass is 425 g/mol. The normalized spacial score (nSPS) is 10.8. The van der Waals surface area contributed by atoms with E-state index >= 15 is 0 Å². The van der Waals surface area contributed by atoms with Gasteiger partial charge < -0.3 is 14.8 Å². The van der Waals surface area contributed by atoms with E-state index in [-0.39, 0.29) is 10.5 Å². The lowest BCUT2D eigenvalue weighted by molar-refractivity contribution is -0.119. The van der Waals surface area contributed by atoms with Gasteiger partial charge in [-0.25, -0.2) is 13.2 Å². The van der Waals surface area contributed by atoms with Crippen LogP contribution in [-0.2, 0) is 19.4 Å². The molecule has 0 saturated carbocycles. The van der Waals surface area contributed by atoms with Crippen molar-refractivity contribution in [3.05, 3.63) is 84.4 Å². The first-order chi connectivity index (χ1) is 14.3. The van der Waals surface area contributed by atoms with E-state index in [2.05, 4.69) is 5.32 Å². The van der Waals surface area contributed by atoms with E-state index in [9.17, 15) is 18.0 Å². The summed E-state index contributed by atoms with van der Waals surface area (Å²) in [6.45, 7) is -0.477. The average molecular weight is 425 g/mol. The molecular formula is C22H19NO6S. The molecule has 7 nitrogen and oxygen atoms in total. The SMILES string of the molecule is CS(=O)(=O)c1ccc(C(=O)OCC(=O)Nc2ccc(Oc3ccccc3)cc2)cc1. The first-order valence-electron chi connectivity index (χ1n) is 8.91. The van der Waals surface area contributed by atoms with Gasteiger partial charge in [-0.15, -0.1) is 0 Å². The molecule has 0 bridgehead atoms. The number of benzene rings is 3. The summed E-state index contributed by atoms with van der Waals surface area (Å²) in [5.41, 5.74) is 0.673. The van der Waals surface area contributed by atoms with Gasteiger partial charge in [-0.05, 0) is 60.7 Å². The Labute approximate surface area is 174 Å². The van der Waals surface area contributed by atoms with Crippen LogP contribution in [-0.4, -0.2) is 33.2 Å². The molecule has 1 N–H and O–H groups in total. The van der Waals surface area contributed by atoms with Gasteiger partial charge in [-0.2, -0.15) is 0 Å². The van der Waals surface area contributed by atoms with Gasteiger partial charge in [-0.3, -0.25) is 4.79 Å². The van der Waals surface area contributed by atoms with Gasteiger partial charge in [-0.1, -0.05) is 18.2 Å². The third kappa shape index (κ3) is 5.92. The Balaban J connectivity index is 1.50. The third-order valence-corrected chi connectivity index (χ3v) is 5.10. The van der Waals surface area contributed by atoms with Crippen LogP contribution < -0.4 is 10.1 Å². The molecule has 1 amide bonds. The number of nitrogens with one attached hydrogen (secondary N) is 1. The second-order valence-corrected chi connectivity index (χ2v) is 8.38. The van der Waals surface area contributed by atoms with Crippen LogP contribution >= 0.6 is 0 Å². The molecule has 0 saturated heterocycles. The van der Waals surface area contributed by atoms with Crippen molar-refractivity contribution in [2.75, 3.05) is 18.2 Å². The van der Waals surface area contributed by atoms with Crippen LogP contribution in [0.5, 0.6) is 11.5 Å². The van der Waals surface area contributed by atoms with Crippen LogP contribution in [0.4, 0.5) is 5.69 Å². The molecule has 0 radical (unpaired) electrons. The molecule has 0 spiro atoms. The minimum atomic E-state index is -3.35. The van der Waals surface area contributed by atoms with Crippen LogP contribution in [0.25, 0.3) is 0 Å². The minimum absolute atomic E-state index is 0.0940. The molecule has 3 aromatic carbocycles. The smallest absolute Gasteiger partial charge is 0.338 e. The van der Waals surface area contributed by atoms with Crippen molar-refractivity contribution >= 4 is 27.4 Å². The number of carbonyl (C=O) groups is 2. The van der Waals surface area contributed by atoms with Crippen molar-refractivity contribution in [2.45, 2.75) is 4.90 Å². The van der Waals surface area contributed by atoms with E-state index in [1.165, 1.54) is 24.3 Å². The first kappa shape index (κ1) is 21.1. The van der Waals surface area contributed by atoms with E-state index in [0.717, 1.165) is 6.26 Å². The number of rotatable bonds is 7. The maximum atomic E-state index is 12.0. The number of carbonyl (C=O) groups excluding carboxylic acids is 2. The molecule has 154 valence electrons. The molecular weight excluding hydrogens is 406 g/mol. The highest BCUT2D eigenvalue weighted by Gasteiger charge is 2.13. The molecule has 3 aromatic rings. The zero-order valence-electron chi connectivity index (χ0n) is 16.1. The summed E-state index contributed by atoms with van der Waals surface area (Å²) in [5.74, 6) is 0.0820. The number of esters is 1. The Hall–Kier alpha value is -3.65. The van der Waals surface area contributed by atoms with Crippen LogP contribution in [0.3, 0.4) is 0 Å². The van der Waals surface area contributed by atoms with Crippen molar-refractivity contribution in [3.8, 4) is 11.5 Å². The van der Waals surface area contributed by atoms with E-state index in [4.69, 9.17) is 9.47 Å². The third-order valence-electron chi connectivity index (χ3n) is 3.97. The number of hydrogen-bond acceptors (Lipinski definition) is 6. The summed E-state index contributed by atoms with van der Waals surface area (Å²) in [6.07, 6.45) is 1.07. The number of anilines is 1. The van der Waals surface area contributed by atoms with Crippen LogP contribution in [0.15, 0.2) is 83.8 Å². The van der Waals surface area contributed by atoms with Gasteiger partial charge in [0.25, 0.3) is 5.91 Å². The second-order valence-electron chi connectivity index (χ2n) is 6.36. The highest BCUT2D eigenvalue weighted by Crippen LogP contribution is 2.22. The van der Waals surface area contributed by atoms with Crippen molar-refractivity contribution in [1.29, 1.82) is 0 Å². The van der Waals surface area contributed by atoms with Gasteiger partial charge in [0, 0.05) is 11.9 Å². The summed E-state index contributed by atoms with van der Waals surface area (Å²) in [7, 11) is -3.35. The summed E-state index contributed by atoms with van der Waals surface area (Å²) in [6, 6.07) is 21.3. The number of ether oxygens (including phenoxy) is 2. The molecule has 0 unspecified atom stereocenters. The lowest BCUT2D eigenvalue weighted by atomic mass is 10.2. The topological polar surface area (TPSA) is 98.8 Å².